The molecule has 9 heteroatoms. The topological polar surface area (TPSA) is 105 Å². The minimum Gasteiger partial charge on any atom is -0.368 e. The van der Waals surface area contributed by atoms with Crippen molar-refractivity contribution in [2.75, 3.05) is 0 Å². The lowest BCUT2D eigenvalue weighted by atomic mass is 10.1. The molecule has 124 valence electrons. The number of hydrogen-bond donors (Lipinski definition) is 1. The number of hydrogen-bond acceptors (Lipinski definition) is 5. The molecule has 2 N–H and O–H groups in total. The van der Waals surface area contributed by atoms with Gasteiger partial charge >= 0.3 is 0 Å². The molecule has 24 heavy (non-hydrogen) atoms. The summed E-state index contributed by atoms with van der Waals surface area (Å²) in [6, 6.07) is 4.68. The predicted octanol–water partition coefficient (Wildman–Crippen LogP) is 0.749. The summed E-state index contributed by atoms with van der Waals surface area (Å²) in [5.41, 5.74) is 6.62. The molecule has 3 aromatic rings. The van der Waals surface area contributed by atoms with Gasteiger partial charge in [0.1, 0.15) is 23.2 Å². The fourth-order valence-electron chi connectivity index (χ4n) is 2.47. The van der Waals surface area contributed by atoms with Gasteiger partial charge in [0, 0.05) is 0 Å². The van der Waals surface area contributed by atoms with Crippen molar-refractivity contribution in [2.45, 2.75) is 26.4 Å². The number of halogens is 1. The van der Waals surface area contributed by atoms with Gasteiger partial charge in [0.15, 0.2) is 6.04 Å². The Morgan fingerprint density at radius 2 is 2.00 bits per heavy atom. The molecule has 0 fully saturated rings. The van der Waals surface area contributed by atoms with Gasteiger partial charge in [-0.3, -0.25) is 4.79 Å². The summed E-state index contributed by atoms with van der Waals surface area (Å²) < 4.78 is 16.1. The Labute approximate surface area is 137 Å². The van der Waals surface area contributed by atoms with Crippen LogP contribution in [0.15, 0.2) is 30.5 Å². The molecule has 0 aliphatic rings. The van der Waals surface area contributed by atoms with Crippen LogP contribution >= 0.6 is 0 Å². The number of benzene rings is 1. The van der Waals surface area contributed by atoms with E-state index in [4.69, 9.17) is 5.73 Å². The van der Waals surface area contributed by atoms with Gasteiger partial charge in [0.05, 0.1) is 12.7 Å². The number of rotatable bonds is 5. The molecule has 3 rings (SSSR count). The highest BCUT2D eigenvalue weighted by atomic mass is 19.1. The number of primary amides is 1. The highest BCUT2D eigenvalue weighted by Gasteiger charge is 2.22. The molecule has 1 unspecified atom stereocenters. The smallest absolute Gasteiger partial charge is 0.246 e. The first-order chi connectivity index (χ1) is 11.4. The molecule has 0 aliphatic heterocycles. The van der Waals surface area contributed by atoms with Crippen LogP contribution in [-0.4, -0.2) is 35.7 Å². The number of nitrogens with two attached hydrogens (primary N) is 1. The van der Waals surface area contributed by atoms with Gasteiger partial charge in [-0.1, -0.05) is 17.3 Å². The van der Waals surface area contributed by atoms with Crippen LogP contribution in [0, 0.1) is 19.7 Å². The molecule has 2 heterocycles. The van der Waals surface area contributed by atoms with Gasteiger partial charge in [-0.2, -0.15) is 5.10 Å². The van der Waals surface area contributed by atoms with Crippen LogP contribution < -0.4 is 5.73 Å². The Morgan fingerprint density at radius 1 is 1.29 bits per heavy atom. The molecule has 1 amide bonds. The third-order valence-corrected chi connectivity index (χ3v) is 3.55. The van der Waals surface area contributed by atoms with Crippen molar-refractivity contribution < 1.29 is 9.18 Å². The molecule has 0 aliphatic carbocycles. The molecule has 0 spiro atoms. The normalized spacial score (nSPS) is 12.3. The van der Waals surface area contributed by atoms with E-state index in [0.29, 0.717) is 23.6 Å². The van der Waals surface area contributed by atoms with Gasteiger partial charge in [-0.15, -0.1) is 5.10 Å². The highest BCUT2D eigenvalue weighted by molar-refractivity contribution is 5.81. The summed E-state index contributed by atoms with van der Waals surface area (Å²) in [7, 11) is 0. The number of aromatic nitrogens is 6. The third kappa shape index (κ3) is 3.14. The molecule has 1 aromatic carbocycles. The maximum atomic E-state index is 13.1. The van der Waals surface area contributed by atoms with Crippen LogP contribution in [0.25, 0.3) is 0 Å². The van der Waals surface area contributed by atoms with E-state index in [1.54, 1.807) is 17.8 Å². The lowest BCUT2D eigenvalue weighted by Crippen LogP contribution is -2.28. The van der Waals surface area contributed by atoms with Crippen molar-refractivity contribution >= 4 is 5.91 Å². The van der Waals surface area contributed by atoms with E-state index in [1.165, 1.54) is 28.9 Å². The summed E-state index contributed by atoms with van der Waals surface area (Å²) in [6.45, 7) is 4.02. The monoisotopic (exact) mass is 329 g/mol. The first-order valence-electron chi connectivity index (χ1n) is 7.27. The average molecular weight is 329 g/mol. The zero-order valence-electron chi connectivity index (χ0n) is 13.2. The third-order valence-electron chi connectivity index (χ3n) is 3.55. The molecule has 0 saturated heterocycles. The lowest BCUT2D eigenvalue weighted by Gasteiger charge is -2.13. The van der Waals surface area contributed by atoms with Crippen LogP contribution in [0.1, 0.15) is 28.9 Å². The molecule has 0 saturated carbocycles. The fraction of sp³-hybridized carbons (Fsp3) is 0.267. The van der Waals surface area contributed by atoms with Crippen LogP contribution in [-0.2, 0) is 11.3 Å². The maximum Gasteiger partial charge on any atom is 0.246 e. The second-order valence-electron chi connectivity index (χ2n) is 5.41. The average Bonchev–Trinajstić information content (AvgIpc) is 3.08. The van der Waals surface area contributed by atoms with E-state index in [0.717, 1.165) is 5.82 Å². The number of nitrogens with zero attached hydrogens (tertiary/aromatic N) is 6. The van der Waals surface area contributed by atoms with E-state index in [2.05, 4.69) is 20.4 Å². The van der Waals surface area contributed by atoms with Crippen LogP contribution in [0.3, 0.4) is 0 Å². The van der Waals surface area contributed by atoms with Gasteiger partial charge in [-0.25, -0.2) is 18.7 Å². The van der Waals surface area contributed by atoms with E-state index >= 15 is 0 Å². The largest absolute Gasteiger partial charge is 0.368 e. The second kappa shape index (κ2) is 6.19. The van der Waals surface area contributed by atoms with Gasteiger partial charge < -0.3 is 5.73 Å². The summed E-state index contributed by atoms with van der Waals surface area (Å²) in [5.74, 6) is 0.428. The van der Waals surface area contributed by atoms with Crippen LogP contribution in [0.5, 0.6) is 0 Å². The molecular weight excluding hydrogens is 313 g/mol. The molecule has 8 nitrogen and oxygen atoms in total. The molecule has 0 radical (unpaired) electrons. The minimum atomic E-state index is -0.856. The standard InChI is InChI=1S/C15H16FN7O/c1-9-18-10(2)22(20-9)7-13-8-23(21-19-13)14(15(17)24)11-3-5-12(16)6-4-11/h3-6,8,14H,7H2,1-2H3,(H2,17,24). The summed E-state index contributed by atoms with van der Waals surface area (Å²) in [5, 5.41) is 12.3. The van der Waals surface area contributed by atoms with E-state index in [9.17, 15) is 9.18 Å². The minimum absolute atomic E-state index is 0.377. The van der Waals surface area contributed by atoms with Crippen LogP contribution in [0.2, 0.25) is 0 Å². The zero-order chi connectivity index (χ0) is 17.3. The van der Waals surface area contributed by atoms with E-state index < -0.39 is 17.8 Å². The number of carbonyl (C=O) groups excluding carboxylic acids is 1. The number of amides is 1. The molecule has 2 aromatic heterocycles. The van der Waals surface area contributed by atoms with Crippen molar-refractivity contribution in [1.29, 1.82) is 0 Å². The lowest BCUT2D eigenvalue weighted by molar-refractivity contribution is -0.120. The van der Waals surface area contributed by atoms with Gasteiger partial charge in [-0.05, 0) is 31.5 Å². The molecule has 0 bridgehead atoms. The zero-order valence-corrected chi connectivity index (χ0v) is 13.2. The first-order valence-corrected chi connectivity index (χ1v) is 7.27. The Kier molecular flexibility index (Phi) is 4.07. The quantitative estimate of drug-likeness (QED) is 0.743. The van der Waals surface area contributed by atoms with Crippen LogP contribution in [0.4, 0.5) is 4.39 Å². The summed E-state index contributed by atoms with van der Waals surface area (Å²) >= 11 is 0. The second-order valence-corrected chi connectivity index (χ2v) is 5.41. The van der Waals surface area contributed by atoms with E-state index in [-0.39, 0.29) is 0 Å². The summed E-state index contributed by atoms with van der Waals surface area (Å²) in [4.78, 5) is 16.0. The van der Waals surface area contributed by atoms with Gasteiger partial charge in [0.2, 0.25) is 5.91 Å². The predicted molar refractivity (Wildman–Crippen MR) is 82.4 cm³/mol. The van der Waals surface area contributed by atoms with Gasteiger partial charge in [0.25, 0.3) is 0 Å². The van der Waals surface area contributed by atoms with Crippen molar-refractivity contribution in [1.82, 2.24) is 29.8 Å². The molecular formula is C15H16FN7O. The Morgan fingerprint density at radius 3 is 2.58 bits per heavy atom. The Hall–Kier alpha value is -3.10. The Balaban J connectivity index is 1.88. The Bertz CT molecular complexity index is 868. The fourth-order valence-corrected chi connectivity index (χ4v) is 2.47. The van der Waals surface area contributed by atoms with E-state index in [1.807, 2.05) is 6.92 Å². The summed E-state index contributed by atoms with van der Waals surface area (Å²) in [6.07, 6.45) is 1.62. The van der Waals surface area contributed by atoms with Crippen molar-refractivity contribution in [2.24, 2.45) is 5.73 Å². The number of aryl methyl sites for hydroxylation is 2. The maximum absolute atomic E-state index is 13.1. The van der Waals surface area contributed by atoms with Crippen molar-refractivity contribution in [3.05, 3.63) is 59.2 Å². The molecule has 1 atom stereocenters. The van der Waals surface area contributed by atoms with Crippen molar-refractivity contribution in [3.8, 4) is 0 Å². The number of carbonyl (C=O) groups is 1. The van der Waals surface area contributed by atoms with Crippen molar-refractivity contribution in [3.63, 3.8) is 0 Å². The SMILES string of the molecule is Cc1nc(C)n(Cc2cn(C(C(N)=O)c3ccc(F)cc3)nn2)n1. The first kappa shape index (κ1) is 15.8. The highest BCUT2D eigenvalue weighted by Crippen LogP contribution is 2.18.